The van der Waals surface area contributed by atoms with Crippen LogP contribution in [0.5, 0.6) is 0 Å². The fourth-order valence-corrected chi connectivity index (χ4v) is 2.50. The van der Waals surface area contributed by atoms with Gasteiger partial charge in [-0.05, 0) is 51.3 Å². The number of nitrogens with zero attached hydrogens (tertiary/aromatic N) is 1. The minimum atomic E-state index is -0.517. The molecule has 2 amide bonds. The number of hydrogen-bond donors (Lipinski definition) is 4. The summed E-state index contributed by atoms with van der Waals surface area (Å²) < 4.78 is 5.20. The molecule has 4 N–H and O–H groups in total. The molecule has 8 nitrogen and oxygen atoms in total. The Kier molecular flexibility index (Phi) is 10.7. The number of nitrogens with one attached hydrogen (secondary N) is 4. The predicted octanol–water partition coefficient (Wildman–Crippen LogP) is 3.25. The number of carbonyl (C=O) groups is 2. The van der Waals surface area contributed by atoms with Crippen LogP contribution in [0.3, 0.4) is 0 Å². The molecule has 1 aromatic carbocycles. The number of benzene rings is 1. The van der Waals surface area contributed by atoms with Gasteiger partial charge in [0.25, 0.3) is 0 Å². The molecule has 0 unspecified atom stereocenters. The average Bonchev–Trinajstić information content (AvgIpc) is 2.61. The molecule has 0 saturated heterocycles. The normalized spacial score (nSPS) is 11.8. The summed E-state index contributed by atoms with van der Waals surface area (Å²) in [6.07, 6.45) is 0.0522. The predicted molar refractivity (Wildman–Crippen MR) is 122 cm³/mol. The van der Waals surface area contributed by atoms with E-state index in [1.807, 2.05) is 65.8 Å². The Morgan fingerprint density at radius 2 is 1.80 bits per heavy atom. The molecule has 0 heterocycles. The first-order valence-corrected chi connectivity index (χ1v) is 10.5. The number of amides is 2. The maximum Gasteiger partial charge on any atom is 0.407 e. The minimum Gasteiger partial charge on any atom is -0.444 e. The summed E-state index contributed by atoms with van der Waals surface area (Å²) in [6, 6.07) is 7.67. The van der Waals surface area contributed by atoms with Gasteiger partial charge in [0, 0.05) is 31.7 Å². The number of rotatable bonds is 9. The summed E-state index contributed by atoms with van der Waals surface area (Å²) in [5, 5.41) is 12.0. The second kappa shape index (κ2) is 12.7. The van der Waals surface area contributed by atoms with Gasteiger partial charge in [0.05, 0.1) is 6.54 Å². The number of alkyl carbamates (subject to hydrolysis) is 1. The molecule has 8 heteroatoms. The van der Waals surface area contributed by atoms with Gasteiger partial charge in [-0.2, -0.15) is 0 Å². The van der Waals surface area contributed by atoms with Crippen LogP contribution in [0.2, 0.25) is 0 Å². The summed E-state index contributed by atoms with van der Waals surface area (Å²) in [5.74, 6) is 0.979. The van der Waals surface area contributed by atoms with Gasteiger partial charge in [0.2, 0.25) is 5.91 Å². The summed E-state index contributed by atoms with van der Waals surface area (Å²) in [4.78, 5) is 28.2. The maximum atomic E-state index is 12.0. The van der Waals surface area contributed by atoms with Crippen LogP contribution in [0.25, 0.3) is 0 Å². The summed E-state index contributed by atoms with van der Waals surface area (Å²) in [6.45, 7) is 13.6. The highest BCUT2D eigenvalue weighted by atomic mass is 16.6. The number of guanidine groups is 1. The number of aliphatic imine (C=N–C) groups is 1. The molecular formula is C22H37N5O3. The Morgan fingerprint density at radius 1 is 1.10 bits per heavy atom. The van der Waals surface area contributed by atoms with E-state index in [1.165, 1.54) is 0 Å². The van der Waals surface area contributed by atoms with Crippen molar-refractivity contribution in [2.75, 3.05) is 25.0 Å². The number of anilines is 1. The molecule has 0 radical (unpaired) electrons. The van der Waals surface area contributed by atoms with Crippen molar-refractivity contribution in [1.82, 2.24) is 16.0 Å². The van der Waals surface area contributed by atoms with E-state index in [0.717, 1.165) is 17.8 Å². The molecule has 0 atom stereocenters. The van der Waals surface area contributed by atoms with E-state index in [1.54, 1.807) is 0 Å². The molecule has 0 saturated carbocycles. The average molecular weight is 420 g/mol. The fraction of sp³-hybridized carbons (Fsp3) is 0.591. The number of carbonyl (C=O) groups excluding carboxylic acids is 2. The molecule has 1 aromatic rings. The summed E-state index contributed by atoms with van der Waals surface area (Å²) in [7, 11) is 0. The zero-order chi connectivity index (χ0) is 22.6. The molecule has 0 aliphatic heterocycles. The molecule has 1 rings (SSSR count). The highest BCUT2D eigenvalue weighted by Gasteiger charge is 2.15. The first-order chi connectivity index (χ1) is 14.1. The SMILES string of the molecule is CCNC(=NCc1cccc(NC(=O)CC(C)C)c1)NCCNC(=O)OC(C)(C)C. The number of hydrogen-bond acceptors (Lipinski definition) is 4. The largest absolute Gasteiger partial charge is 0.444 e. The zero-order valence-corrected chi connectivity index (χ0v) is 19.1. The van der Waals surface area contributed by atoms with Crippen molar-refractivity contribution in [3.05, 3.63) is 29.8 Å². The van der Waals surface area contributed by atoms with Crippen LogP contribution in [0.15, 0.2) is 29.3 Å². The molecule has 168 valence electrons. The lowest BCUT2D eigenvalue weighted by Crippen LogP contribution is -2.42. The van der Waals surface area contributed by atoms with Crippen LogP contribution in [-0.4, -0.2) is 43.2 Å². The van der Waals surface area contributed by atoms with Crippen molar-refractivity contribution in [2.24, 2.45) is 10.9 Å². The Hall–Kier alpha value is -2.77. The van der Waals surface area contributed by atoms with E-state index < -0.39 is 11.7 Å². The van der Waals surface area contributed by atoms with E-state index in [-0.39, 0.29) is 5.91 Å². The lowest BCUT2D eigenvalue weighted by atomic mass is 10.1. The maximum absolute atomic E-state index is 12.0. The third-order valence-corrected chi connectivity index (χ3v) is 3.65. The summed E-state index contributed by atoms with van der Waals surface area (Å²) in [5.41, 5.74) is 1.24. The molecule has 0 fully saturated rings. The topological polar surface area (TPSA) is 104 Å². The van der Waals surface area contributed by atoms with E-state index in [0.29, 0.717) is 37.9 Å². The monoisotopic (exact) mass is 419 g/mol. The second-order valence-electron chi connectivity index (χ2n) is 8.40. The summed E-state index contributed by atoms with van der Waals surface area (Å²) >= 11 is 0. The third kappa shape index (κ3) is 11.9. The molecule has 0 aromatic heterocycles. The lowest BCUT2D eigenvalue weighted by Gasteiger charge is -2.19. The zero-order valence-electron chi connectivity index (χ0n) is 19.1. The lowest BCUT2D eigenvalue weighted by molar-refractivity contribution is -0.116. The first-order valence-electron chi connectivity index (χ1n) is 10.5. The second-order valence-corrected chi connectivity index (χ2v) is 8.40. The smallest absolute Gasteiger partial charge is 0.407 e. The molecule has 0 bridgehead atoms. The van der Waals surface area contributed by atoms with Crippen molar-refractivity contribution < 1.29 is 14.3 Å². The molecular weight excluding hydrogens is 382 g/mol. The fourth-order valence-electron chi connectivity index (χ4n) is 2.50. The van der Waals surface area contributed by atoms with Crippen LogP contribution < -0.4 is 21.3 Å². The Bertz CT molecular complexity index is 711. The van der Waals surface area contributed by atoms with Gasteiger partial charge >= 0.3 is 6.09 Å². The van der Waals surface area contributed by atoms with Gasteiger partial charge in [-0.25, -0.2) is 9.79 Å². The van der Waals surface area contributed by atoms with E-state index in [4.69, 9.17) is 4.74 Å². The molecule has 30 heavy (non-hydrogen) atoms. The van der Waals surface area contributed by atoms with Crippen molar-refractivity contribution >= 4 is 23.6 Å². The Balaban J connectivity index is 2.54. The van der Waals surface area contributed by atoms with Crippen molar-refractivity contribution in [3.63, 3.8) is 0 Å². The van der Waals surface area contributed by atoms with Gasteiger partial charge in [0.1, 0.15) is 5.60 Å². The van der Waals surface area contributed by atoms with E-state index >= 15 is 0 Å². The highest BCUT2D eigenvalue weighted by Crippen LogP contribution is 2.13. The van der Waals surface area contributed by atoms with Gasteiger partial charge in [0.15, 0.2) is 5.96 Å². The minimum absolute atomic E-state index is 0.0122. The van der Waals surface area contributed by atoms with Gasteiger partial charge in [-0.1, -0.05) is 26.0 Å². The third-order valence-electron chi connectivity index (χ3n) is 3.65. The van der Waals surface area contributed by atoms with Crippen LogP contribution in [0.1, 0.15) is 53.5 Å². The van der Waals surface area contributed by atoms with Crippen molar-refractivity contribution in [1.29, 1.82) is 0 Å². The van der Waals surface area contributed by atoms with E-state index in [2.05, 4.69) is 26.3 Å². The Labute approximate surface area is 180 Å². The van der Waals surface area contributed by atoms with E-state index in [9.17, 15) is 9.59 Å². The standard InChI is InChI=1S/C22H37N5O3/c1-7-23-20(24-11-12-25-21(29)30-22(4,5)6)26-15-17-9-8-10-18(14-17)27-19(28)13-16(2)3/h8-10,14,16H,7,11-13,15H2,1-6H3,(H,25,29)(H,27,28)(H2,23,24,26). The molecule has 0 spiro atoms. The van der Waals surface area contributed by atoms with Crippen molar-refractivity contribution in [3.8, 4) is 0 Å². The quantitative estimate of drug-likeness (QED) is 0.279. The number of ether oxygens (including phenoxy) is 1. The van der Waals surface area contributed by atoms with Crippen LogP contribution in [-0.2, 0) is 16.1 Å². The van der Waals surface area contributed by atoms with Gasteiger partial charge < -0.3 is 26.0 Å². The van der Waals surface area contributed by atoms with Crippen LogP contribution in [0, 0.1) is 5.92 Å². The molecule has 0 aliphatic rings. The van der Waals surface area contributed by atoms with Crippen molar-refractivity contribution in [2.45, 2.75) is 60.1 Å². The van der Waals surface area contributed by atoms with Gasteiger partial charge in [-0.15, -0.1) is 0 Å². The Morgan fingerprint density at radius 3 is 2.43 bits per heavy atom. The van der Waals surface area contributed by atoms with Gasteiger partial charge in [-0.3, -0.25) is 4.79 Å². The van der Waals surface area contributed by atoms with Crippen LogP contribution >= 0.6 is 0 Å². The highest BCUT2D eigenvalue weighted by molar-refractivity contribution is 5.90. The van der Waals surface area contributed by atoms with Crippen LogP contribution in [0.4, 0.5) is 10.5 Å². The first kappa shape index (κ1) is 25.3. The molecule has 0 aliphatic carbocycles.